The highest BCUT2D eigenvalue weighted by Gasteiger charge is 1.99. The van der Waals surface area contributed by atoms with Crippen molar-refractivity contribution < 1.29 is 9.16 Å². The minimum Gasteiger partial charge on any atom is -0.400 e. The van der Waals surface area contributed by atoms with Crippen molar-refractivity contribution >= 4 is 9.76 Å². The van der Waals surface area contributed by atoms with E-state index in [1.807, 2.05) is 6.92 Å². The Balaban J connectivity index is 3.03. The smallest absolute Gasteiger partial charge is 0.165 e. The molecule has 0 spiro atoms. The molecule has 0 aliphatic carbocycles. The van der Waals surface area contributed by atoms with Gasteiger partial charge in [-0.05, 0) is 18.9 Å². The maximum Gasteiger partial charge on any atom is 0.165 e. The molecule has 0 heterocycles. The van der Waals surface area contributed by atoms with Crippen LogP contribution in [0.2, 0.25) is 6.04 Å². The van der Waals surface area contributed by atoms with Gasteiger partial charge < -0.3 is 9.16 Å². The predicted molar refractivity (Wildman–Crippen MR) is 45.7 cm³/mol. The monoisotopic (exact) mass is 162 g/mol. The highest BCUT2D eigenvalue weighted by atomic mass is 28.2. The average molecular weight is 162 g/mol. The van der Waals surface area contributed by atoms with E-state index in [1.165, 1.54) is 6.04 Å². The molecule has 62 valence electrons. The molecule has 2 nitrogen and oxygen atoms in total. The van der Waals surface area contributed by atoms with Crippen molar-refractivity contribution in [3.8, 4) is 0 Å². The van der Waals surface area contributed by atoms with Crippen molar-refractivity contribution in [2.24, 2.45) is 5.92 Å². The van der Waals surface area contributed by atoms with Crippen LogP contribution in [0.1, 0.15) is 20.8 Å². The van der Waals surface area contributed by atoms with Crippen molar-refractivity contribution in [2.45, 2.75) is 33.1 Å². The molecule has 0 radical (unpaired) electrons. The summed E-state index contributed by atoms with van der Waals surface area (Å²) in [6, 6.07) is 1.24. The summed E-state index contributed by atoms with van der Waals surface area (Å²) < 4.78 is 10.4. The van der Waals surface area contributed by atoms with Crippen LogP contribution >= 0.6 is 0 Å². The SMILES string of the molecule is COC(C)O[SiH2]CC(C)C. The van der Waals surface area contributed by atoms with E-state index < -0.39 is 0 Å². The summed E-state index contributed by atoms with van der Waals surface area (Å²) in [5.41, 5.74) is 0. The van der Waals surface area contributed by atoms with Crippen molar-refractivity contribution in [3.63, 3.8) is 0 Å². The summed E-state index contributed by atoms with van der Waals surface area (Å²) in [5, 5.41) is 0. The summed E-state index contributed by atoms with van der Waals surface area (Å²) in [4.78, 5) is 0. The second-order valence-electron chi connectivity index (χ2n) is 2.86. The van der Waals surface area contributed by atoms with Gasteiger partial charge in [0.2, 0.25) is 0 Å². The number of hydrogen-bond donors (Lipinski definition) is 0. The Morgan fingerprint density at radius 3 is 2.30 bits per heavy atom. The molecule has 0 rings (SSSR count). The van der Waals surface area contributed by atoms with Crippen molar-refractivity contribution in [3.05, 3.63) is 0 Å². The summed E-state index contributed by atoms with van der Waals surface area (Å²) in [6.45, 7) is 6.37. The molecule has 0 saturated carbocycles. The standard InChI is InChI=1S/C7H18O2Si/c1-6(2)5-10-9-7(3)8-4/h6-7H,5,10H2,1-4H3. The Morgan fingerprint density at radius 2 is 1.90 bits per heavy atom. The Kier molecular flexibility index (Phi) is 5.97. The van der Waals surface area contributed by atoms with Crippen molar-refractivity contribution in [1.29, 1.82) is 0 Å². The van der Waals surface area contributed by atoms with Crippen molar-refractivity contribution in [2.75, 3.05) is 7.11 Å². The maximum absolute atomic E-state index is 5.42. The van der Waals surface area contributed by atoms with Crippen LogP contribution in [0.5, 0.6) is 0 Å². The van der Waals surface area contributed by atoms with E-state index in [4.69, 9.17) is 9.16 Å². The molecule has 0 aliphatic heterocycles. The Bertz CT molecular complexity index is 76.0. The number of rotatable bonds is 5. The van der Waals surface area contributed by atoms with Gasteiger partial charge in [-0.2, -0.15) is 0 Å². The molecule has 0 aromatic carbocycles. The topological polar surface area (TPSA) is 18.5 Å². The van der Waals surface area contributed by atoms with Gasteiger partial charge in [-0.15, -0.1) is 0 Å². The molecule has 10 heavy (non-hydrogen) atoms. The maximum atomic E-state index is 5.42. The van der Waals surface area contributed by atoms with Gasteiger partial charge in [0, 0.05) is 7.11 Å². The second kappa shape index (κ2) is 5.89. The summed E-state index contributed by atoms with van der Waals surface area (Å²) >= 11 is 0. The molecule has 0 bridgehead atoms. The van der Waals surface area contributed by atoms with Crippen molar-refractivity contribution in [1.82, 2.24) is 0 Å². The van der Waals surface area contributed by atoms with Gasteiger partial charge in [0.1, 0.15) is 6.29 Å². The first-order valence-corrected chi connectivity index (χ1v) is 5.39. The van der Waals surface area contributed by atoms with Gasteiger partial charge in [-0.25, -0.2) is 0 Å². The lowest BCUT2D eigenvalue weighted by molar-refractivity contribution is -0.0373. The van der Waals surface area contributed by atoms with E-state index >= 15 is 0 Å². The quantitative estimate of drug-likeness (QED) is 0.446. The third-order valence-electron chi connectivity index (χ3n) is 1.38. The van der Waals surface area contributed by atoms with Gasteiger partial charge in [0.05, 0.1) is 0 Å². The first kappa shape index (κ1) is 10.1. The molecule has 1 atom stereocenters. The van der Waals surface area contributed by atoms with Gasteiger partial charge in [0.25, 0.3) is 0 Å². The van der Waals surface area contributed by atoms with Crippen LogP contribution in [0.4, 0.5) is 0 Å². The third-order valence-corrected chi connectivity index (χ3v) is 3.48. The normalized spacial score (nSPS) is 15.3. The number of methoxy groups -OCH3 is 1. The predicted octanol–water partition coefficient (Wildman–Crippen LogP) is 1.15. The molecule has 0 aliphatic rings. The lowest BCUT2D eigenvalue weighted by Gasteiger charge is -2.11. The fourth-order valence-corrected chi connectivity index (χ4v) is 1.61. The Hall–Kier alpha value is 0.137. The van der Waals surface area contributed by atoms with Crippen LogP contribution in [-0.2, 0) is 9.16 Å². The minimum atomic E-state index is -0.320. The van der Waals surface area contributed by atoms with Gasteiger partial charge in [-0.3, -0.25) is 0 Å². The van der Waals surface area contributed by atoms with Gasteiger partial charge >= 0.3 is 0 Å². The second-order valence-corrected chi connectivity index (χ2v) is 4.18. The molecule has 0 aromatic heterocycles. The van der Waals surface area contributed by atoms with Gasteiger partial charge in [0.15, 0.2) is 9.76 Å². The molecule has 0 saturated heterocycles. The van der Waals surface area contributed by atoms with E-state index in [9.17, 15) is 0 Å². The van der Waals surface area contributed by atoms with E-state index in [2.05, 4.69) is 13.8 Å². The average Bonchev–Trinajstić information content (AvgIpc) is 1.87. The first-order chi connectivity index (χ1) is 4.66. The fourth-order valence-electron chi connectivity index (χ4n) is 0.538. The summed E-state index contributed by atoms with van der Waals surface area (Å²) in [5.74, 6) is 0.774. The summed E-state index contributed by atoms with van der Waals surface area (Å²) in [7, 11) is 1.36. The number of ether oxygens (including phenoxy) is 1. The molecule has 3 heteroatoms. The molecular weight excluding hydrogens is 144 g/mol. The lowest BCUT2D eigenvalue weighted by Crippen LogP contribution is -2.14. The van der Waals surface area contributed by atoms with E-state index in [0.717, 1.165) is 5.92 Å². The molecule has 0 fully saturated rings. The zero-order valence-corrected chi connectivity index (χ0v) is 8.80. The van der Waals surface area contributed by atoms with Crippen LogP contribution in [0, 0.1) is 5.92 Å². The fraction of sp³-hybridized carbons (Fsp3) is 1.00. The molecule has 0 N–H and O–H groups in total. The summed E-state index contributed by atoms with van der Waals surface area (Å²) in [6.07, 6.45) is 0.00502. The zero-order valence-electron chi connectivity index (χ0n) is 7.39. The molecule has 0 aromatic rings. The lowest BCUT2D eigenvalue weighted by atomic mass is 10.3. The largest absolute Gasteiger partial charge is 0.400 e. The zero-order chi connectivity index (χ0) is 7.98. The third kappa shape index (κ3) is 6.26. The first-order valence-electron chi connectivity index (χ1n) is 3.81. The van der Waals surface area contributed by atoms with E-state index in [1.54, 1.807) is 7.11 Å². The minimum absolute atomic E-state index is 0.00502. The van der Waals surface area contributed by atoms with Crippen LogP contribution < -0.4 is 0 Å². The van der Waals surface area contributed by atoms with Crippen LogP contribution in [0.25, 0.3) is 0 Å². The van der Waals surface area contributed by atoms with Gasteiger partial charge in [-0.1, -0.05) is 13.8 Å². The van der Waals surface area contributed by atoms with E-state index in [0.29, 0.717) is 0 Å². The van der Waals surface area contributed by atoms with Crippen LogP contribution in [-0.4, -0.2) is 23.2 Å². The number of hydrogen-bond acceptors (Lipinski definition) is 2. The highest BCUT2D eigenvalue weighted by molar-refractivity contribution is 6.27. The molecule has 1 unspecified atom stereocenters. The van der Waals surface area contributed by atoms with Crippen LogP contribution in [0.3, 0.4) is 0 Å². The Morgan fingerprint density at radius 1 is 1.30 bits per heavy atom. The molecule has 0 amide bonds. The highest BCUT2D eigenvalue weighted by Crippen LogP contribution is 2.00. The van der Waals surface area contributed by atoms with Crippen LogP contribution in [0.15, 0.2) is 0 Å². The Labute approximate surface area is 65.9 Å². The molecular formula is C7H18O2Si. The van der Waals surface area contributed by atoms with E-state index in [-0.39, 0.29) is 16.1 Å².